The largest absolute Gasteiger partial charge is 0.381 e. The number of aromatic nitrogens is 1. The second-order valence-corrected chi connectivity index (χ2v) is 9.49. The second kappa shape index (κ2) is 16.1. The molecule has 2 fully saturated rings. The van der Waals surface area contributed by atoms with Gasteiger partial charge in [0, 0.05) is 23.2 Å². The lowest BCUT2D eigenvalue weighted by Crippen LogP contribution is -2.52. The van der Waals surface area contributed by atoms with Crippen molar-refractivity contribution in [1.82, 2.24) is 4.98 Å². The monoisotopic (exact) mass is 504 g/mol. The Bertz CT molecular complexity index is 909. The Kier molecular flexibility index (Phi) is 13.5. The van der Waals surface area contributed by atoms with Crippen molar-refractivity contribution < 1.29 is 10.5 Å². The summed E-state index contributed by atoms with van der Waals surface area (Å²) in [5.41, 5.74) is 11.9. The molecule has 0 radical (unpaired) electrons. The molecular weight excluding hydrogens is 462 g/mol. The molecule has 2 aromatic rings. The number of anilines is 1. The van der Waals surface area contributed by atoms with Crippen molar-refractivity contribution in [2.24, 2.45) is 5.92 Å². The fourth-order valence-corrected chi connectivity index (χ4v) is 4.60. The Hall–Kier alpha value is -1.66. The highest BCUT2D eigenvalue weighted by atomic mass is 35.5. The average molecular weight is 505 g/mol. The molecule has 34 heavy (non-hydrogen) atoms. The fourth-order valence-electron chi connectivity index (χ4n) is 3.85. The van der Waals surface area contributed by atoms with Crippen LogP contribution in [0, 0.1) is 5.92 Å². The van der Waals surface area contributed by atoms with E-state index in [-0.39, 0.29) is 0 Å². The third kappa shape index (κ3) is 8.53. The lowest BCUT2D eigenvalue weighted by Gasteiger charge is -2.23. The standard InChI is InChI=1S/C22H29N3S.C5H10O.CH3Cl/c1-3-7-16(8-4-2)18-11-6-12-19(13-18)21-15-26-22(25-21)24-20(14-23)17-9-5-10-17;1-2-5-3-6-4-5;1-2/h6-7,11-13,15H,3-5,8-10,14,23H2,1-2H3,(H,24,25);5H,2-4H2,1H3;1H3/p+1/b16-7+;;. The Morgan fingerprint density at radius 3 is 2.50 bits per heavy atom. The zero-order chi connectivity index (χ0) is 24.8. The first-order valence-corrected chi connectivity index (χ1v) is 14.3. The number of allylic oxidation sites excluding steroid dienone is 3. The minimum Gasteiger partial charge on any atom is -0.381 e. The van der Waals surface area contributed by atoms with E-state index in [9.17, 15) is 0 Å². The number of alkyl halides is 1. The van der Waals surface area contributed by atoms with Crippen LogP contribution in [0.25, 0.3) is 16.8 Å². The molecule has 0 bridgehead atoms. The molecule has 2 aliphatic rings. The molecule has 1 aromatic heterocycles. The molecule has 0 amide bonds. The van der Waals surface area contributed by atoms with Gasteiger partial charge in [-0.3, -0.25) is 0 Å². The van der Waals surface area contributed by atoms with Crippen LogP contribution < -0.4 is 11.1 Å². The van der Waals surface area contributed by atoms with Gasteiger partial charge in [-0.05, 0) is 61.3 Å². The van der Waals surface area contributed by atoms with E-state index in [1.165, 1.54) is 66.5 Å². The number of hydrogen-bond donors (Lipinski definition) is 2. The highest BCUT2D eigenvalue weighted by molar-refractivity contribution is 7.14. The quantitative estimate of drug-likeness (QED) is 0.350. The van der Waals surface area contributed by atoms with Gasteiger partial charge in [0.15, 0.2) is 5.13 Å². The maximum absolute atomic E-state index is 4.93. The fraction of sp³-hybridized carbons (Fsp3) is 0.536. The first-order chi connectivity index (χ1) is 16.7. The van der Waals surface area contributed by atoms with Gasteiger partial charge < -0.3 is 15.8 Å². The second-order valence-electron chi connectivity index (χ2n) is 8.63. The van der Waals surface area contributed by atoms with Crippen molar-refractivity contribution in [1.29, 1.82) is 0 Å². The molecule has 188 valence electrons. The summed E-state index contributed by atoms with van der Waals surface area (Å²) in [7, 11) is 0. The lowest BCUT2D eigenvalue weighted by atomic mass is 9.90. The first-order valence-electron chi connectivity index (χ1n) is 12.7. The lowest BCUT2D eigenvalue weighted by molar-refractivity contribution is -0.355. The average Bonchev–Trinajstić information content (AvgIpc) is 3.27. The van der Waals surface area contributed by atoms with Crippen molar-refractivity contribution in [3.63, 3.8) is 0 Å². The van der Waals surface area contributed by atoms with Gasteiger partial charge in [0.25, 0.3) is 0 Å². The predicted molar refractivity (Wildman–Crippen MR) is 149 cm³/mol. The summed E-state index contributed by atoms with van der Waals surface area (Å²) >= 11 is 6.31. The maximum Gasteiger partial charge on any atom is 0.187 e. The van der Waals surface area contributed by atoms with Crippen LogP contribution in [0.1, 0.15) is 71.3 Å². The summed E-state index contributed by atoms with van der Waals surface area (Å²) in [6, 6.07) is 8.80. The maximum atomic E-state index is 4.93. The number of rotatable bonds is 9. The molecule has 6 heteroatoms. The van der Waals surface area contributed by atoms with E-state index in [0.717, 1.165) is 49.3 Å². The number of halogens is 1. The molecule has 4 nitrogen and oxygen atoms in total. The van der Waals surface area contributed by atoms with Crippen molar-refractivity contribution >= 4 is 33.6 Å². The van der Waals surface area contributed by atoms with E-state index in [2.05, 4.69) is 79.1 Å². The number of nitrogens with zero attached hydrogens (tertiary/aromatic N) is 1. The first kappa shape index (κ1) is 28.6. The Labute approximate surface area is 215 Å². The number of nitrogens with one attached hydrogen (secondary N) is 1. The molecular formula is C28H43ClN3OS+. The van der Waals surface area contributed by atoms with Gasteiger partial charge in [-0.1, -0.05) is 51.5 Å². The smallest absolute Gasteiger partial charge is 0.187 e. The van der Waals surface area contributed by atoms with Crippen LogP contribution in [0.2, 0.25) is 0 Å². The molecule has 2 heterocycles. The normalized spacial score (nSPS) is 15.2. The number of thiazole rings is 1. The Morgan fingerprint density at radius 1 is 1.24 bits per heavy atom. The Balaban J connectivity index is 0.000000437. The highest BCUT2D eigenvalue weighted by Crippen LogP contribution is 2.32. The van der Waals surface area contributed by atoms with E-state index in [1.807, 2.05) is 0 Å². The minimum atomic E-state index is 0.807. The summed E-state index contributed by atoms with van der Waals surface area (Å²) in [4.78, 5) is 4.83. The van der Waals surface area contributed by atoms with E-state index in [0.29, 0.717) is 0 Å². The van der Waals surface area contributed by atoms with Gasteiger partial charge >= 0.3 is 0 Å². The molecule has 0 unspecified atom stereocenters. The molecule has 0 spiro atoms. The van der Waals surface area contributed by atoms with E-state index >= 15 is 0 Å². The zero-order valence-electron chi connectivity index (χ0n) is 21.5. The van der Waals surface area contributed by atoms with Crippen LogP contribution in [0.4, 0.5) is 5.13 Å². The third-order valence-electron chi connectivity index (χ3n) is 6.18. The van der Waals surface area contributed by atoms with Crippen molar-refractivity contribution in [2.45, 2.75) is 65.7 Å². The summed E-state index contributed by atoms with van der Waals surface area (Å²) in [5, 5.41) is 6.63. The number of benzene rings is 1. The van der Waals surface area contributed by atoms with Gasteiger partial charge in [0.05, 0.1) is 24.6 Å². The number of ether oxygens (including phenoxy) is 1. The van der Waals surface area contributed by atoms with Gasteiger partial charge in [0.2, 0.25) is 0 Å². The van der Waals surface area contributed by atoms with Crippen LogP contribution in [-0.2, 0) is 4.74 Å². The zero-order valence-corrected chi connectivity index (χ0v) is 23.0. The van der Waals surface area contributed by atoms with E-state index in [4.69, 9.17) is 9.72 Å². The summed E-state index contributed by atoms with van der Waals surface area (Å²) < 4.78 is 4.93. The predicted octanol–water partition coefficient (Wildman–Crippen LogP) is 7.39. The number of hydrogen-bond acceptors (Lipinski definition) is 4. The van der Waals surface area contributed by atoms with Crippen molar-refractivity contribution in [2.75, 3.05) is 31.5 Å². The van der Waals surface area contributed by atoms with Gasteiger partial charge in [-0.25, -0.2) is 4.98 Å². The van der Waals surface area contributed by atoms with Crippen LogP contribution in [-0.4, -0.2) is 31.1 Å². The van der Waals surface area contributed by atoms with Gasteiger partial charge in [-0.15, -0.1) is 22.9 Å². The van der Waals surface area contributed by atoms with Crippen LogP contribution in [0.3, 0.4) is 0 Å². The van der Waals surface area contributed by atoms with E-state index in [1.54, 1.807) is 11.3 Å². The van der Waals surface area contributed by atoms with Crippen molar-refractivity contribution in [3.8, 4) is 11.3 Å². The van der Waals surface area contributed by atoms with Gasteiger partial charge in [0.1, 0.15) is 6.54 Å². The van der Waals surface area contributed by atoms with Gasteiger partial charge in [-0.2, -0.15) is 0 Å². The topological polar surface area (TPSA) is 61.8 Å². The molecule has 1 aliphatic carbocycles. The summed E-state index contributed by atoms with van der Waals surface area (Å²) in [6.45, 7) is 9.47. The van der Waals surface area contributed by atoms with Crippen LogP contribution >= 0.6 is 22.9 Å². The molecule has 1 aliphatic heterocycles. The molecule has 1 saturated heterocycles. The molecule has 1 saturated carbocycles. The number of quaternary nitrogens is 1. The summed E-state index contributed by atoms with van der Waals surface area (Å²) in [6.07, 6.45) is 12.2. The molecule has 4 N–H and O–H groups in total. The summed E-state index contributed by atoms with van der Waals surface area (Å²) in [5.74, 6) is 0.894. The molecule has 0 atom stereocenters. The molecule has 4 rings (SSSR count). The SMILES string of the molecule is CC/C=C(\CCC)c1cccc(-c2csc(NC(C[NH3+])=C3CCC3)n2)c1.CCC1COC1.CCl. The Morgan fingerprint density at radius 2 is 2.00 bits per heavy atom. The third-order valence-corrected chi connectivity index (χ3v) is 6.94. The highest BCUT2D eigenvalue weighted by Gasteiger charge is 2.16. The van der Waals surface area contributed by atoms with E-state index < -0.39 is 0 Å². The van der Waals surface area contributed by atoms with Crippen LogP contribution in [0.5, 0.6) is 0 Å². The minimum absolute atomic E-state index is 0.807. The van der Waals surface area contributed by atoms with Crippen molar-refractivity contribution in [3.05, 3.63) is 52.6 Å². The molecule has 1 aromatic carbocycles. The van der Waals surface area contributed by atoms with Crippen LogP contribution in [0.15, 0.2) is 47.0 Å².